The van der Waals surface area contributed by atoms with Gasteiger partial charge in [-0.05, 0) is 67.0 Å². The topological polar surface area (TPSA) is 43.4 Å². The first-order valence-corrected chi connectivity index (χ1v) is 8.86. The first kappa shape index (κ1) is 15.8. The molecule has 0 bridgehead atoms. The molecular formula is C19H18O3S. The molecule has 1 aliphatic rings. The highest BCUT2D eigenvalue weighted by Gasteiger charge is 2.15. The van der Waals surface area contributed by atoms with Gasteiger partial charge in [0.25, 0.3) is 0 Å². The molecular weight excluding hydrogens is 308 g/mol. The first-order chi connectivity index (χ1) is 11.2. The minimum atomic E-state index is -0.466. The molecule has 0 N–H and O–H groups in total. The zero-order chi connectivity index (χ0) is 16.2. The monoisotopic (exact) mass is 326 g/mol. The van der Waals surface area contributed by atoms with E-state index in [4.69, 9.17) is 4.74 Å². The number of rotatable bonds is 5. The van der Waals surface area contributed by atoms with Crippen LogP contribution in [0.25, 0.3) is 0 Å². The predicted molar refractivity (Wildman–Crippen MR) is 91.3 cm³/mol. The van der Waals surface area contributed by atoms with Crippen LogP contribution >= 0.6 is 11.8 Å². The summed E-state index contributed by atoms with van der Waals surface area (Å²) in [4.78, 5) is 25.3. The zero-order valence-electron chi connectivity index (χ0n) is 13.0. The van der Waals surface area contributed by atoms with Gasteiger partial charge in [0.1, 0.15) is 0 Å². The molecule has 0 radical (unpaired) electrons. The number of carbonyl (C=O) groups excluding carboxylic acids is 2. The number of hydrogen-bond donors (Lipinski definition) is 0. The number of aryl methyl sites for hydroxylation is 2. The minimum Gasteiger partial charge on any atom is -0.454 e. The number of hydrogen-bond acceptors (Lipinski definition) is 4. The molecule has 0 atom stereocenters. The molecule has 0 fully saturated rings. The second-order valence-corrected chi connectivity index (χ2v) is 6.44. The fourth-order valence-corrected chi connectivity index (χ4v) is 3.18. The van der Waals surface area contributed by atoms with Crippen molar-refractivity contribution >= 4 is 23.5 Å². The highest BCUT2D eigenvalue weighted by molar-refractivity contribution is 7.98. The fourth-order valence-electron chi connectivity index (χ4n) is 2.77. The van der Waals surface area contributed by atoms with E-state index in [-0.39, 0.29) is 12.4 Å². The van der Waals surface area contributed by atoms with Crippen molar-refractivity contribution in [3.63, 3.8) is 0 Å². The summed E-state index contributed by atoms with van der Waals surface area (Å²) < 4.78 is 5.14. The van der Waals surface area contributed by atoms with Crippen molar-refractivity contribution in [1.82, 2.24) is 0 Å². The third-order valence-electron chi connectivity index (χ3n) is 4.08. The lowest BCUT2D eigenvalue weighted by Crippen LogP contribution is -2.14. The van der Waals surface area contributed by atoms with Crippen LogP contribution < -0.4 is 0 Å². The van der Waals surface area contributed by atoms with Crippen molar-refractivity contribution < 1.29 is 14.3 Å². The molecule has 118 valence electrons. The SMILES string of the molecule is CSc1ccc(C(=O)OCC(=O)c2ccc3c(c2)CCC3)cc1. The molecule has 0 aromatic heterocycles. The number of thioether (sulfide) groups is 1. The standard InChI is InChI=1S/C19H18O3S/c1-23-17-9-7-14(8-10-17)19(21)22-12-18(20)16-6-5-13-3-2-4-15(13)11-16/h5-11H,2-4,12H2,1H3. The second kappa shape index (κ2) is 7.01. The zero-order valence-corrected chi connectivity index (χ0v) is 13.8. The summed E-state index contributed by atoms with van der Waals surface area (Å²) in [5.41, 5.74) is 3.66. The van der Waals surface area contributed by atoms with Gasteiger partial charge in [-0.3, -0.25) is 4.79 Å². The van der Waals surface area contributed by atoms with E-state index in [0.29, 0.717) is 11.1 Å². The maximum atomic E-state index is 12.2. The van der Waals surface area contributed by atoms with Crippen LogP contribution in [0.5, 0.6) is 0 Å². The van der Waals surface area contributed by atoms with E-state index >= 15 is 0 Å². The van der Waals surface area contributed by atoms with Crippen LogP contribution in [-0.4, -0.2) is 24.6 Å². The van der Waals surface area contributed by atoms with Crippen molar-refractivity contribution in [1.29, 1.82) is 0 Å². The van der Waals surface area contributed by atoms with Crippen LogP contribution in [0.15, 0.2) is 47.4 Å². The molecule has 0 aliphatic heterocycles. The summed E-state index contributed by atoms with van der Waals surface area (Å²) in [5, 5.41) is 0. The lowest BCUT2D eigenvalue weighted by Gasteiger charge is -2.06. The van der Waals surface area contributed by atoms with Gasteiger partial charge in [-0.15, -0.1) is 11.8 Å². The smallest absolute Gasteiger partial charge is 0.338 e. The van der Waals surface area contributed by atoms with Gasteiger partial charge in [0.2, 0.25) is 0 Å². The molecule has 0 spiro atoms. The largest absolute Gasteiger partial charge is 0.454 e. The molecule has 0 heterocycles. The Kier molecular flexibility index (Phi) is 4.82. The highest BCUT2D eigenvalue weighted by Crippen LogP contribution is 2.23. The average molecular weight is 326 g/mol. The molecule has 2 aromatic rings. The van der Waals surface area contributed by atoms with E-state index in [0.717, 1.165) is 24.2 Å². The Morgan fingerprint density at radius 3 is 2.43 bits per heavy atom. The average Bonchev–Trinajstić information content (AvgIpc) is 3.07. The van der Waals surface area contributed by atoms with E-state index in [1.807, 2.05) is 36.6 Å². The van der Waals surface area contributed by atoms with Gasteiger partial charge in [0.15, 0.2) is 12.4 Å². The van der Waals surface area contributed by atoms with E-state index in [9.17, 15) is 9.59 Å². The molecule has 3 nitrogen and oxygen atoms in total. The number of benzene rings is 2. The van der Waals surface area contributed by atoms with E-state index in [1.54, 1.807) is 23.9 Å². The Balaban J connectivity index is 1.60. The summed E-state index contributed by atoms with van der Waals surface area (Å²) in [6.07, 6.45) is 5.24. The maximum absolute atomic E-state index is 12.2. The predicted octanol–water partition coefficient (Wildman–Crippen LogP) is 3.94. The summed E-state index contributed by atoms with van der Waals surface area (Å²) >= 11 is 1.61. The van der Waals surface area contributed by atoms with Gasteiger partial charge < -0.3 is 4.74 Å². The lowest BCUT2D eigenvalue weighted by molar-refractivity contribution is 0.0474. The van der Waals surface area contributed by atoms with Crippen molar-refractivity contribution in [3.05, 3.63) is 64.7 Å². The van der Waals surface area contributed by atoms with Gasteiger partial charge in [-0.2, -0.15) is 0 Å². The Morgan fingerprint density at radius 1 is 1.00 bits per heavy atom. The number of fused-ring (bicyclic) bond motifs is 1. The second-order valence-electron chi connectivity index (χ2n) is 5.56. The van der Waals surface area contributed by atoms with E-state index in [2.05, 4.69) is 0 Å². The summed E-state index contributed by atoms with van der Waals surface area (Å²) in [7, 11) is 0. The van der Waals surface area contributed by atoms with Crippen molar-refractivity contribution in [3.8, 4) is 0 Å². The molecule has 4 heteroatoms. The van der Waals surface area contributed by atoms with Crippen LogP contribution in [0.3, 0.4) is 0 Å². The molecule has 0 amide bonds. The lowest BCUT2D eigenvalue weighted by atomic mass is 10.0. The number of esters is 1. The van der Waals surface area contributed by atoms with Gasteiger partial charge in [0, 0.05) is 10.5 Å². The molecule has 0 unspecified atom stereocenters. The molecule has 2 aromatic carbocycles. The van der Waals surface area contributed by atoms with Crippen LogP contribution in [0.2, 0.25) is 0 Å². The van der Waals surface area contributed by atoms with Crippen LogP contribution in [0.4, 0.5) is 0 Å². The normalized spacial score (nSPS) is 12.7. The van der Waals surface area contributed by atoms with E-state index < -0.39 is 5.97 Å². The van der Waals surface area contributed by atoms with Crippen LogP contribution in [0, 0.1) is 0 Å². The molecule has 1 aliphatic carbocycles. The summed E-state index contributed by atoms with van der Waals surface area (Å²) in [5.74, 6) is -0.624. The van der Waals surface area contributed by atoms with Crippen LogP contribution in [0.1, 0.15) is 38.3 Å². The summed E-state index contributed by atoms with van der Waals surface area (Å²) in [6, 6.07) is 12.9. The number of ether oxygens (including phenoxy) is 1. The maximum Gasteiger partial charge on any atom is 0.338 e. The third-order valence-corrected chi connectivity index (χ3v) is 4.82. The Hall–Kier alpha value is -2.07. The van der Waals surface area contributed by atoms with Gasteiger partial charge in [-0.1, -0.05) is 12.1 Å². The van der Waals surface area contributed by atoms with E-state index in [1.165, 1.54) is 11.1 Å². The Bertz CT molecular complexity index is 735. The fraction of sp³-hybridized carbons (Fsp3) is 0.263. The molecule has 23 heavy (non-hydrogen) atoms. The van der Waals surface area contributed by atoms with Gasteiger partial charge in [-0.25, -0.2) is 4.79 Å². The summed E-state index contributed by atoms with van der Waals surface area (Å²) in [6.45, 7) is -0.220. The minimum absolute atomic E-state index is 0.159. The first-order valence-electron chi connectivity index (χ1n) is 7.63. The third kappa shape index (κ3) is 3.64. The molecule has 0 saturated heterocycles. The Morgan fingerprint density at radius 2 is 1.70 bits per heavy atom. The van der Waals surface area contributed by atoms with Gasteiger partial charge >= 0.3 is 5.97 Å². The quantitative estimate of drug-likeness (QED) is 0.474. The number of carbonyl (C=O) groups is 2. The number of Topliss-reactive ketones (excluding diaryl/α,β-unsaturated/α-hetero) is 1. The molecule has 3 rings (SSSR count). The number of ketones is 1. The van der Waals surface area contributed by atoms with Crippen molar-refractivity contribution in [2.75, 3.05) is 12.9 Å². The van der Waals surface area contributed by atoms with Crippen molar-refractivity contribution in [2.24, 2.45) is 0 Å². The Labute approximate surface area is 140 Å². The van der Waals surface area contributed by atoms with Gasteiger partial charge in [0.05, 0.1) is 5.56 Å². The molecule has 0 saturated carbocycles. The highest BCUT2D eigenvalue weighted by atomic mass is 32.2. The van der Waals surface area contributed by atoms with Crippen LogP contribution in [-0.2, 0) is 17.6 Å². The van der Waals surface area contributed by atoms with Crippen molar-refractivity contribution in [2.45, 2.75) is 24.2 Å².